The van der Waals surface area contributed by atoms with Gasteiger partial charge in [0.15, 0.2) is 0 Å². The number of hydrogen-bond acceptors (Lipinski definition) is 3. The molecule has 0 aliphatic carbocycles. The maximum atomic E-state index is 12.5. The number of rotatable bonds is 0. The number of nitrogens with one attached hydrogen (secondary N) is 2. The third kappa shape index (κ3) is 1.62. The predicted molar refractivity (Wildman–Crippen MR) is 81.1 cm³/mol. The molecule has 0 bridgehead atoms. The zero-order valence-electron chi connectivity index (χ0n) is 11.4. The number of fused-ring (bicyclic) bond motifs is 2. The highest BCUT2D eigenvalue weighted by atomic mass is 16.2. The summed E-state index contributed by atoms with van der Waals surface area (Å²) in [4.78, 5) is 24.8. The molecule has 102 valence electrons. The minimum absolute atomic E-state index is 0.134. The van der Waals surface area contributed by atoms with Gasteiger partial charge in [0.25, 0.3) is 5.91 Å². The monoisotopic (exact) mass is 276 g/mol. The van der Waals surface area contributed by atoms with Crippen LogP contribution >= 0.6 is 0 Å². The van der Waals surface area contributed by atoms with Crippen LogP contribution in [-0.2, 0) is 4.79 Å². The van der Waals surface area contributed by atoms with Crippen molar-refractivity contribution in [1.82, 2.24) is 0 Å². The Morgan fingerprint density at radius 2 is 1.62 bits per heavy atom. The third-order valence-electron chi connectivity index (χ3n) is 3.83. The van der Waals surface area contributed by atoms with Gasteiger partial charge in [0, 0.05) is 22.5 Å². The highest BCUT2D eigenvalue weighted by molar-refractivity contribution is 6.38. The van der Waals surface area contributed by atoms with Gasteiger partial charge in [0.1, 0.15) is 5.70 Å². The van der Waals surface area contributed by atoms with Crippen LogP contribution in [0, 0.1) is 6.92 Å². The van der Waals surface area contributed by atoms with Crippen molar-refractivity contribution in [2.45, 2.75) is 6.92 Å². The van der Waals surface area contributed by atoms with E-state index in [1.54, 1.807) is 6.07 Å². The van der Waals surface area contributed by atoms with Crippen LogP contribution in [-0.4, -0.2) is 11.7 Å². The first-order valence-corrected chi connectivity index (χ1v) is 6.72. The quantitative estimate of drug-likeness (QED) is 0.727. The molecule has 2 aliphatic rings. The van der Waals surface area contributed by atoms with Crippen LogP contribution in [0.2, 0.25) is 0 Å². The second kappa shape index (κ2) is 4.06. The molecular weight excluding hydrogens is 264 g/mol. The lowest BCUT2D eigenvalue weighted by Crippen LogP contribution is -2.11. The number of para-hydroxylation sites is 1. The molecule has 4 rings (SSSR count). The molecule has 2 N–H and O–H groups in total. The van der Waals surface area contributed by atoms with Gasteiger partial charge >= 0.3 is 0 Å². The summed E-state index contributed by atoms with van der Waals surface area (Å²) >= 11 is 0. The first kappa shape index (κ1) is 11.9. The summed E-state index contributed by atoms with van der Waals surface area (Å²) in [6.45, 7) is 1.96. The Morgan fingerprint density at radius 3 is 2.43 bits per heavy atom. The topological polar surface area (TPSA) is 58.2 Å². The average molecular weight is 276 g/mol. The summed E-state index contributed by atoms with van der Waals surface area (Å²) in [6.07, 6.45) is 0. The fraction of sp³-hybridized carbons (Fsp3) is 0.0588. The number of benzene rings is 2. The van der Waals surface area contributed by atoms with Crippen molar-refractivity contribution in [3.05, 3.63) is 64.9 Å². The molecule has 4 nitrogen and oxygen atoms in total. The lowest BCUT2D eigenvalue weighted by molar-refractivity contribution is -0.110. The summed E-state index contributed by atoms with van der Waals surface area (Å²) in [7, 11) is 0. The predicted octanol–water partition coefficient (Wildman–Crippen LogP) is 2.97. The Hall–Kier alpha value is -2.88. The third-order valence-corrected chi connectivity index (χ3v) is 3.83. The number of carbonyl (C=O) groups excluding carboxylic acids is 2. The van der Waals surface area contributed by atoms with E-state index in [0.29, 0.717) is 16.8 Å². The van der Waals surface area contributed by atoms with Gasteiger partial charge in [-0.15, -0.1) is 0 Å². The van der Waals surface area contributed by atoms with E-state index in [1.807, 2.05) is 43.3 Å². The normalized spacial score (nSPS) is 19.1. The molecule has 2 aromatic rings. The second-order valence-electron chi connectivity index (χ2n) is 5.25. The number of anilines is 2. The highest BCUT2D eigenvalue weighted by Crippen LogP contribution is 2.38. The number of aryl methyl sites for hydroxylation is 1. The molecule has 1 amide bonds. The van der Waals surface area contributed by atoms with Crippen LogP contribution in [0.5, 0.6) is 0 Å². The number of amides is 1. The van der Waals surface area contributed by atoms with Gasteiger partial charge in [0.05, 0.1) is 5.57 Å². The van der Waals surface area contributed by atoms with Gasteiger partial charge in [-0.1, -0.05) is 23.8 Å². The van der Waals surface area contributed by atoms with Crippen molar-refractivity contribution in [3.8, 4) is 0 Å². The van der Waals surface area contributed by atoms with Crippen molar-refractivity contribution in [3.63, 3.8) is 0 Å². The Kier molecular flexibility index (Phi) is 2.30. The Bertz CT molecular complexity index is 850. The van der Waals surface area contributed by atoms with Crippen molar-refractivity contribution in [2.24, 2.45) is 0 Å². The molecule has 0 spiro atoms. The van der Waals surface area contributed by atoms with Crippen LogP contribution in [0.25, 0.3) is 5.57 Å². The number of Topliss-reactive ketones (excluding diaryl/α,β-unsaturated/α-hetero) is 1. The van der Waals surface area contributed by atoms with Crippen molar-refractivity contribution >= 4 is 28.6 Å². The number of carbonyl (C=O) groups is 2. The second-order valence-corrected chi connectivity index (χ2v) is 5.25. The van der Waals surface area contributed by atoms with Gasteiger partial charge < -0.3 is 10.6 Å². The zero-order valence-corrected chi connectivity index (χ0v) is 11.4. The highest BCUT2D eigenvalue weighted by Gasteiger charge is 2.34. The van der Waals surface area contributed by atoms with Crippen LogP contribution in [0.15, 0.2) is 48.2 Å². The van der Waals surface area contributed by atoms with Gasteiger partial charge in [0.2, 0.25) is 5.78 Å². The summed E-state index contributed by atoms with van der Waals surface area (Å²) in [5.74, 6) is -0.371. The molecule has 4 heteroatoms. The SMILES string of the molecule is Cc1ccc2c(c1)/C(=C1\Nc3ccccc3C1=O)C(=O)N2. The van der Waals surface area contributed by atoms with Crippen molar-refractivity contribution in [1.29, 1.82) is 0 Å². The van der Waals surface area contributed by atoms with Gasteiger partial charge in [-0.2, -0.15) is 0 Å². The van der Waals surface area contributed by atoms with Gasteiger partial charge in [-0.25, -0.2) is 0 Å². The van der Waals surface area contributed by atoms with E-state index in [1.165, 1.54) is 0 Å². The van der Waals surface area contributed by atoms with E-state index >= 15 is 0 Å². The minimum Gasteiger partial charge on any atom is -0.351 e. The summed E-state index contributed by atoms with van der Waals surface area (Å²) in [5.41, 5.74) is 4.72. The molecule has 2 heterocycles. The maximum Gasteiger partial charge on any atom is 0.258 e. The molecular formula is C17H12N2O2. The first-order valence-electron chi connectivity index (χ1n) is 6.72. The van der Waals surface area contributed by atoms with Crippen molar-refractivity contribution < 1.29 is 9.59 Å². The van der Waals surface area contributed by atoms with Crippen LogP contribution in [0.4, 0.5) is 11.4 Å². The molecule has 0 aromatic heterocycles. The van der Waals surface area contributed by atoms with Crippen LogP contribution in [0.3, 0.4) is 0 Å². The Balaban J connectivity index is 1.94. The fourth-order valence-electron chi connectivity index (χ4n) is 2.82. The van der Waals surface area contributed by atoms with E-state index in [2.05, 4.69) is 10.6 Å². The number of allylic oxidation sites excluding steroid dienone is 1. The number of ketones is 1. The summed E-state index contributed by atoms with van der Waals surface area (Å²) in [5, 5.41) is 5.90. The maximum absolute atomic E-state index is 12.5. The molecule has 0 saturated carbocycles. The van der Waals surface area contributed by atoms with E-state index in [0.717, 1.165) is 22.5 Å². The van der Waals surface area contributed by atoms with Crippen LogP contribution < -0.4 is 10.6 Å². The van der Waals surface area contributed by atoms with E-state index in [4.69, 9.17) is 0 Å². The van der Waals surface area contributed by atoms with Crippen LogP contribution in [0.1, 0.15) is 21.5 Å². The molecule has 2 aromatic carbocycles. The largest absolute Gasteiger partial charge is 0.351 e. The molecule has 0 atom stereocenters. The lowest BCUT2D eigenvalue weighted by Gasteiger charge is -2.04. The standard InChI is InChI=1S/C17H12N2O2/c1-9-6-7-13-11(8-9)14(17(21)19-13)15-16(20)10-4-2-3-5-12(10)18-15/h2-8,18H,1H3,(H,19,21)/b15-14+. The zero-order chi connectivity index (χ0) is 14.6. The summed E-state index contributed by atoms with van der Waals surface area (Å²) < 4.78 is 0. The van der Waals surface area contributed by atoms with Gasteiger partial charge in [-0.3, -0.25) is 9.59 Å². The van der Waals surface area contributed by atoms with E-state index in [9.17, 15) is 9.59 Å². The van der Waals surface area contributed by atoms with E-state index in [-0.39, 0.29) is 11.7 Å². The lowest BCUT2D eigenvalue weighted by atomic mass is 10.0. The average Bonchev–Trinajstić information content (AvgIpc) is 2.96. The van der Waals surface area contributed by atoms with E-state index < -0.39 is 0 Å². The van der Waals surface area contributed by atoms with Gasteiger partial charge in [-0.05, 0) is 31.2 Å². The molecule has 21 heavy (non-hydrogen) atoms. The summed E-state index contributed by atoms with van der Waals surface area (Å²) in [6, 6.07) is 13.0. The molecule has 0 saturated heterocycles. The smallest absolute Gasteiger partial charge is 0.258 e. The molecule has 0 radical (unpaired) electrons. The molecule has 0 fully saturated rings. The Labute approximate surface area is 121 Å². The van der Waals surface area contributed by atoms with Crippen molar-refractivity contribution in [2.75, 3.05) is 10.6 Å². The first-order chi connectivity index (χ1) is 10.1. The molecule has 2 aliphatic heterocycles. The minimum atomic E-state index is -0.237. The molecule has 0 unspecified atom stereocenters. The fourth-order valence-corrected chi connectivity index (χ4v) is 2.82. The Morgan fingerprint density at radius 1 is 0.857 bits per heavy atom. The number of hydrogen-bond donors (Lipinski definition) is 2.